The summed E-state index contributed by atoms with van der Waals surface area (Å²) < 4.78 is 0. The normalized spacial score (nSPS) is 18.5. The van der Waals surface area contributed by atoms with E-state index in [-0.39, 0.29) is 5.56 Å². The predicted octanol–water partition coefficient (Wildman–Crippen LogP) is 2.92. The summed E-state index contributed by atoms with van der Waals surface area (Å²) in [5.41, 5.74) is 3.09. The number of carboxylic acids is 1. The maximum atomic E-state index is 10.9. The zero-order chi connectivity index (χ0) is 15.7. The molecule has 114 valence electrons. The first-order chi connectivity index (χ1) is 10.5. The summed E-state index contributed by atoms with van der Waals surface area (Å²) >= 11 is 0. The van der Waals surface area contributed by atoms with Crippen LogP contribution >= 0.6 is 0 Å². The van der Waals surface area contributed by atoms with Crippen molar-refractivity contribution in [1.82, 2.24) is 14.9 Å². The van der Waals surface area contributed by atoms with E-state index in [0.717, 1.165) is 35.7 Å². The van der Waals surface area contributed by atoms with E-state index >= 15 is 0 Å². The Labute approximate surface area is 129 Å². The second kappa shape index (κ2) is 5.85. The molecule has 1 aliphatic rings. The zero-order valence-corrected chi connectivity index (χ0v) is 12.8. The van der Waals surface area contributed by atoms with Crippen LogP contribution in [0.4, 0.5) is 0 Å². The summed E-state index contributed by atoms with van der Waals surface area (Å²) in [6.07, 6.45) is 2.30. The van der Waals surface area contributed by atoms with Crippen molar-refractivity contribution in [2.24, 2.45) is 0 Å². The molecule has 0 radical (unpaired) electrons. The Bertz CT molecular complexity index is 698. The van der Waals surface area contributed by atoms with Gasteiger partial charge in [0.25, 0.3) is 0 Å². The lowest BCUT2D eigenvalue weighted by Crippen LogP contribution is -2.19. The van der Waals surface area contributed by atoms with Crippen molar-refractivity contribution in [3.8, 4) is 11.3 Å². The zero-order valence-electron chi connectivity index (χ0n) is 12.8. The van der Waals surface area contributed by atoms with E-state index in [4.69, 9.17) is 5.11 Å². The van der Waals surface area contributed by atoms with Crippen LogP contribution in [0.15, 0.2) is 30.3 Å². The molecule has 5 heteroatoms. The molecule has 1 aromatic heterocycles. The average Bonchev–Trinajstić information content (AvgIpc) is 2.93. The number of aryl methyl sites for hydroxylation is 1. The number of carbonyl (C=O) groups is 1. The quantitative estimate of drug-likeness (QED) is 0.943. The molecule has 0 saturated carbocycles. The van der Waals surface area contributed by atoms with Gasteiger partial charge in [-0.05, 0) is 51.6 Å². The number of nitrogens with zero attached hydrogens (tertiary/aromatic N) is 3. The van der Waals surface area contributed by atoms with Gasteiger partial charge >= 0.3 is 5.97 Å². The molecule has 5 nitrogen and oxygen atoms in total. The van der Waals surface area contributed by atoms with E-state index in [1.807, 2.05) is 13.0 Å². The van der Waals surface area contributed by atoms with E-state index in [1.165, 1.54) is 6.42 Å². The Morgan fingerprint density at radius 1 is 1.27 bits per heavy atom. The monoisotopic (exact) mass is 297 g/mol. The summed E-state index contributed by atoms with van der Waals surface area (Å²) in [4.78, 5) is 22.3. The molecule has 1 atom stereocenters. The van der Waals surface area contributed by atoms with Gasteiger partial charge < -0.3 is 5.11 Å². The Morgan fingerprint density at radius 2 is 2.00 bits per heavy atom. The fourth-order valence-electron chi connectivity index (χ4n) is 2.98. The highest BCUT2D eigenvalue weighted by Gasteiger charge is 2.24. The molecule has 1 aromatic carbocycles. The van der Waals surface area contributed by atoms with Gasteiger partial charge in [0.05, 0.1) is 23.0 Å². The van der Waals surface area contributed by atoms with E-state index in [9.17, 15) is 4.79 Å². The lowest BCUT2D eigenvalue weighted by atomic mass is 10.1. The molecule has 0 bridgehead atoms. The first-order valence-corrected chi connectivity index (χ1v) is 7.44. The summed E-state index contributed by atoms with van der Waals surface area (Å²) in [6, 6.07) is 9.18. The van der Waals surface area contributed by atoms with Crippen molar-refractivity contribution in [3.63, 3.8) is 0 Å². The van der Waals surface area contributed by atoms with Gasteiger partial charge in [-0.25, -0.2) is 14.8 Å². The van der Waals surface area contributed by atoms with E-state index in [2.05, 4.69) is 21.9 Å². The topological polar surface area (TPSA) is 66.3 Å². The van der Waals surface area contributed by atoms with Gasteiger partial charge in [-0.3, -0.25) is 4.90 Å². The second-order valence-corrected chi connectivity index (χ2v) is 5.75. The first kappa shape index (κ1) is 14.7. The van der Waals surface area contributed by atoms with Gasteiger partial charge in [0.15, 0.2) is 0 Å². The van der Waals surface area contributed by atoms with E-state index in [1.54, 1.807) is 24.3 Å². The van der Waals surface area contributed by atoms with Gasteiger partial charge in [-0.15, -0.1) is 0 Å². The van der Waals surface area contributed by atoms with E-state index in [0.29, 0.717) is 6.04 Å². The van der Waals surface area contributed by atoms with Gasteiger partial charge in [-0.1, -0.05) is 12.1 Å². The van der Waals surface area contributed by atoms with Crippen LogP contribution in [0.5, 0.6) is 0 Å². The minimum absolute atomic E-state index is 0.283. The summed E-state index contributed by atoms with van der Waals surface area (Å²) in [6.45, 7) is 2.99. The number of aromatic carboxylic acids is 1. The number of carboxylic acid groups (broad SMARTS) is 1. The predicted molar refractivity (Wildman–Crippen MR) is 83.8 cm³/mol. The highest BCUT2D eigenvalue weighted by atomic mass is 16.4. The third-order valence-corrected chi connectivity index (χ3v) is 4.15. The molecule has 0 unspecified atom stereocenters. The van der Waals surface area contributed by atoms with Crippen molar-refractivity contribution in [2.45, 2.75) is 25.8 Å². The van der Waals surface area contributed by atoms with Crippen LogP contribution in [-0.4, -0.2) is 39.5 Å². The number of rotatable bonds is 3. The molecule has 22 heavy (non-hydrogen) atoms. The maximum Gasteiger partial charge on any atom is 0.335 e. The fraction of sp³-hybridized carbons (Fsp3) is 0.353. The molecule has 0 aliphatic carbocycles. The Hall–Kier alpha value is -2.27. The molecule has 2 heterocycles. The van der Waals surface area contributed by atoms with Crippen molar-refractivity contribution in [3.05, 3.63) is 47.4 Å². The number of aromatic nitrogens is 2. The largest absolute Gasteiger partial charge is 0.478 e. The van der Waals surface area contributed by atoms with E-state index < -0.39 is 5.97 Å². The third-order valence-electron chi connectivity index (χ3n) is 4.15. The molecular formula is C17H19N3O2. The Balaban J connectivity index is 1.96. The summed E-state index contributed by atoms with van der Waals surface area (Å²) in [5.74, 6) is -0.172. The maximum absolute atomic E-state index is 10.9. The molecule has 1 saturated heterocycles. The molecule has 0 spiro atoms. The average molecular weight is 297 g/mol. The molecule has 1 fully saturated rings. The van der Waals surface area contributed by atoms with Gasteiger partial charge in [0, 0.05) is 5.56 Å². The van der Waals surface area contributed by atoms with Crippen molar-refractivity contribution in [1.29, 1.82) is 0 Å². The standard InChI is InChI=1S/C17H19N3O2/c1-11-18-14(12-5-7-13(8-6-12)17(21)22)10-15(19-11)16-4-3-9-20(16)2/h5-8,10,16H,3-4,9H2,1-2H3,(H,21,22)/t16-/m0/s1. The lowest BCUT2D eigenvalue weighted by molar-refractivity contribution is 0.0697. The second-order valence-electron chi connectivity index (χ2n) is 5.75. The number of likely N-dealkylation sites (tertiary alicyclic amines) is 1. The van der Waals surface area contributed by atoms with Crippen LogP contribution in [0.25, 0.3) is 11.3 Å². The van der Waals surface area contributed by atoms with Crippen molar-refractivity contribution < 1.29 is 9.90 Å². The lowest BCUT2D eigenvalue weighted by Gasteiger charge is -2.19. The van der Waals surface area contributed by atoms with Crippen LogP contribution in [0.3, 0.4) is 0 Å². The Morgan fingerprint density at radius 3 is 2.59 bits per heavy atom. The number of hydrogen-bond donors (Lipinski definition) is 1. The molecule has 0 amide bonds. The van der Waals surface area contributed by atoms with Crippen LogP contribution in [0, 0.1) is 6.92 Å². The van der Waals surface area contributed by atoms with Crippen LogP contribution in [0.2, 0.25) is 0 Å². The van der Waals surface area contributed by atoms with Crippen molar-refractivity contribution in [2.75, 3.05) is 13.6 Å². The van der Waals surface area contributed by atoms with Crippen LogP contribution in [-0.2, 0) is 0 Å². The summed E-state index contributed by atoms with van der Waals surface area (Å²) in [7, 11) is 2.12. The highest BCUT2D eigenvalue weighted by Crippen LogP contribution is 2.31. The molecule has 2 aromatic rings. The smallest absolute Gasteiger partial charge is 0.335 e. The van der Waals surface area contributed by atoms with Gasteiger partial charge in [-0.2, -0.15) is 0 Å². The number of benzene rings is 1. The van der Waals surface area contributed by atoms with Crippen molar-refractivity contribution >= 4 is 5.97 Å². The van der Waals surface area contributed by atoms with Gasteiger partial charge in [0.1, 0.15) is 5.82 Å². The molecule has 1 N–H and O–H groups in total. The Kier molecular flexibility index (Phi) is 3.90. The molecular weight excluding hydrogens is 278 g/mol. The molecule has 3 rings (SSSR count). The van der Waals surface area contributed by atoms with Gasteiger partial charge in [0.2, 0.25) is 0 Å². The summed E-state index contributed by atoms with van der Waals surface area (Å²) in [5, 5.41) is 8.98. The van der Waals surface area contributed by atoms with Crippen LogP contribution in [0.1, 0.15) is 40.8 Å². The minimum Gasteiger partial charge on any atom is -0.478 e. The van der Waals surface area contributed by atoms with Crippen LogP contribution < -0.4 is 0 Å². The minimum atomic E-state index is -0.918. The fourth-order valence-corrected chi connectivity index (χ4v) is 2.98. The first-order valence-electron chi connectivity index (χ1n) is 7.44. The SMILES string of the molecule is Cc1nc(-c2ccc(C(=O)O)cc2)cc([C@@H]2CCCN2C)n1. The highest BCUT2D eigenvalue weighted by molar-refractivity contribution is 5.88. The number of hydrogen-bond acceptors (Lipinski definition) is 4. The molecule has 1 aliphatic heterocycles. The third kappa shape index (κ3) is 2.85.